The molecule has 0 saturated heterocycles. The van der Waals surface area contributed by atoms with Crippen LogP contribution in [0.5, 0.6) is 0 Å². The molecule has 0 aliphatic heterocycles. The van der Waals surface area contributed by atoms with E-state index in [0.717, 1.165) is 4.47 Å². The summed E-state index contributed by atoms with van der Waals surface area (Å²) >= 11 is 6.60. The van der Waals surface area contributed by atoms with Gasteiger partial charge < -0.3 is 15.4 Å². The highest BCUT2D eigenvalue weighted by atomic mass is 79.9. The second-order valence-electron chi connectivity index (χ2n) is 4.28. The number of H-pyrrole nitrogens is 1. The molecule has 0 saturated carbocycles. The van der Waals surface area contributed by atoms with Crippen LogP contribution in [0, 0.1) is 0 Å². The second-order valence-corrected chi connectivity index (χ2v) is 5.99. The van der Waals surface area contributed by atoms with Crippen LogP contribution in [-0.2, 0) is 0 Å². The fourth-order valence-corrected chi connectivity index (χ4v) is 2.39. The van der Waals surface area contributed by atoms with Crippen molar-refractivity contribution >= 4 is 48.7 Å². The SMILES string of the molecule is O=C(NCC(O)C(F)(F)F)c1c[nH]c2cc(Br)c(Br)cc12. The van der Waals surface area contributed by atoms with Crippen molar-refractivity contribution in [3.63, 3.8) is 0 Å². The molecule has 0 bridgehead atoms. The van der Waals surface area contributed by atoms with Gasteiger partial charge in [-0.1, -0.05) is 0 Å². The number of hydrogen-bond donors (Lipinski definition) is 3. The Morgan fingerprint density at radius 2 is 1.95 bits per heavy atom. The summed E-state index contributed by atoms with van der Waals surface area (Å²) in [5.41, 5.74) is 0.860. The average molecular weight is 430 g/mol. The maximum atomic E-state index is 12.2. The van der Waals surface area contributed by atoms with E-state index in [1.165, 1.54) is 6.20 Å². The Labute approximate surface area is 134 Å². The third-order valence-corrected chi connectivity index (χ3v) is 4.65. The number of hydrogen-bond acceptors (Lipinski definition) is 2. The van der Waals surface area contributed by atoms with E-state index in [-0.39, 0.29) is 5.56 Å². The zero-order chi connectivity index (χ0) is 15.8. The first-order valence-corrected chi connectivity index (χ1v) is 7.28. The van der Waals surface area contributed by atoms with Crippen LogP contribution in [0.25, 0.3) is 10.9 Å². The van der Waals surface area contributed by atoms with E-state index in [1.54, 1.807) is 12.1 Å². The van der Waals surface area contributed by atoms with Gasteiger partial charge in [0.25, 0.3) is 5.91 Å². The molecule has 0 aliphatic carbocycles. The van der Waals surface area contributed by atoms with Crippen molar-refractivity contribution in [1.82, 2.24) is 10.3 Å². The van der Waals surface area contributed by atoms with Crippen LogP contribution in [0.15, 0.2) is 27.3 Å². The molecule has 3 N–H and O–H groups in total. The molecule has 0 fully saturated rings. The van der Waals surface area contributed by atoms with Gasteiger partial charge in [0.05, 0.1) is 12.1 Å². The molecule has 0 radical (unpaired) electrons. The fourth-order valence-electron chi connectivity index (χ4n) is 1.70. The molecule has 0 aliphatic rings. The molecule has 1 aromatic carbocycles. The third kappa shape index (κ3) is 3.58. The highest BCUT2D eigenvalue weighted by Crippen LogP contribution is 2.30. The normalized spacial score (nSPS) is 13.4. The Bertz CT molecular complexity index is 685. The third-order valence-electron chi connectivity index (χ3n) is 2.80. The van der Waals surface area contributed by atoms with Gasteiger partial charge in [0.1, 0.15) is 0 Å². The molecule has 21 heavy (non-hydrogen) atoms. The van der Waals surface area contributed by atoms with Crippen molar-refractivity contribution in [2.45, 2.75) is 12.3 Å². The molecule has 0 spiro atoms. The largest absolute Gasteiger partial charge is 0.416 e. The number of benzene rings is 1. The minimum Gasteiger partial charge on any atom is -0.382 e. The number of aliphatic hydroxyl groups is 1. The summed E-state index contributed by atoms with van der Waals surface area (Å²) in [5.74, 6) is -0.696. The summed E-state index contributed by atoms with van der Waals surface area (Å²) < 4.78 is 38.0. The lowest BCUT2D eigenvalue weighted by atomic mass is 10.1. The molecule has 4 nitrogen and oxygen atoms in total. The number of amides is 1. The topological polar surface area (TPSA) is 65.1 Å². The van der Waals surface area contributed by atoms with E-state index in [9.17, 15) is 18.0 Å². The number of fused-ring (bicyclic) bond motifs is 1. The predicted molar refractivity (Wildman–Crippen MR) is 78.1 cm³/mol. The molecule has 9 heteroatoms. The van der Waals surface area contributed by atoms with E-state index >= 15 is 0 Å². The smallest absolute Gasteiger partial charge is 0.382 e. The van der Waals surface area contributed by atoms with Crippen molar-refractivity contribution in [1.29, 1.82) is 0 Å². The van der Waals surface area contributed by atoms with Crippen LogP contribution in [0.4, 0.5) is 13.2 Å². The highest BCUT2D eigenvalue weighted by Gasteiger charge is 2.38. The summed E-state index contributed by atoms with van der Waals surface area (Å²) in [6.07, 6.45) is -5.95. The van der Waals surface area contributed by atoms with E-state index in [1.807, 2.05) is 0 Å². The summed E-state index contributed by atoms with van der Waals surface area (Å²) in [6, 6.07) is 3.41. The van der Waals surface area contributed by atoms with Crippen LogP contribution in [-0.4, -0.2) is 34.8 Å². The number of aromatic nitrogens is 1. The standard InChI is InChI=1S/C12H9Br2F3N2O2/c13-7-1-5-6(3-18-9(5)2-8(7)14)11(21)19-4-10(20)12(15,16)17/h1-3,10,18,20H,4H2,(H,19,21). The Morgan fingerprint density at radius 1 is 1.33 bits per heavy atom. The lowest BCUT2D eigenvalue weighted by Crippen LogP contribution is -2.40. The van der Waals surface area contributed by atoms with Crippen LogP contribution in [0.3, 0.4) is 0 Å². The van der Waals surface area contributed by atoms with E-state index in [4.69, 9.17) is 5.11 Å². The van der Waals surface area contributed by atoms with Crippen LogP contribution >= 0.6 is 31.9 Å². The first-order chi connectivity index (χ1) is 9.70. The molecule has 1 aromatic heterocycles. The molecule has 2 rings (SSSR count). The zero-order valence-corrected chi connectivity index (χ0v) is 13.4. The number of nitrogens with one attached hydrogen (secondary N) is 2. The van der Waals surface area contributed by atoms with Gasteiger partial charge in [-0.2, -0.15) is 13.2 Å². The highest BCUT2D eigenvalue weighted by molar-refractivity contribution is 9.13. The van der Waals surface area contributed by atoms with Crippen LogP contribution in [0.2, 0.25) is 0 Å². The van der Waals surface area contributed by atoms with Gasteiger partial charge in [-0.05, 0) is 44.0 Å². The van der Waals surface area contributed by atoms with Gasteiger partial charge in [0, 0.05) is 26.0 Å². The zero-order valence-electron chi connectivity index (χ0n) is 10.3. The number of carbonyl (C=O) groups excluding carboxylic acids is 1. The number of aromatic amines is 1. The number of rotatable bonds is 3. The van der Waals surface area contributed by atoms with Crippen molar-refractivity contribution in [2.24, 2.45) is 0 Å². The van der Waals surface area contributed by atoms with Gasteiger partial charge in [-0.3, -0.25) is 4.79 Å². The maximum Gasteiger partial charge on any atom is 0.416 e. The molecule has 1 amide bonds. The predicted octanol–water partition coefficient (Wildman–Crippen LogP) is 3.35. The second kappa shape index (κ2) is 5.98. The Morgan fingerprint density at radius 3 is 2.57 bits per heavy atom. The fraction of sp³-hybridized carbons (Fsp3) is 0.250. The first kappa shape index (κ1) is 16.3. The lowest BCUT2D eigenvalue weighted by Gasteiger charge is -2.14. The molecule has 1 unspecified atom stereocenters. The summed E-state index contributed by atoms with van der Waals surface area (Å²) in [7, 11) is 0. The van der Waals surface area contributed by atoms with Gasteiger partial charge in [-0.25, -0.2) is 0 Å². The Kier molecular flexibility index (Phi) is 4.64. The minimum absolute atomic E-state index is 0.201. The van der Waals surface area contributed by atoms with Crippen LogP contribution in [0.1, 0.15) is 10.4 Å². The molecular formula is C12H9Br2F3N2O2. The minimum atomic E-state index is -4.76. The number of carbonyl (C=O) groups is 1. The van der Waals surface area contributed by atoms with Crippen molar-refractivity contribution < 1.29 is 23.1 Å². The number of alkyl halides is 3. The first-order valence-electron chi connectivity index (χ1n) is 5.69. The van der Waals surface area contributed by atoms with Gasteiger partial charge in [0.2, 0.25) is 0 Å². The Hall–Kier alpha value is -1.06. The van der Waals surface area contributed by atoms with Gasteiger partial charge >= 0.3 is 6.18 Å². The van der Waals surface area contributed by atoms with Crippen LogP contribution < -0.4 is 5.32 Å². The van der Waals surface area contributed by atoms with Gasteiger partial charge in [-0.15, -0.1) is 0 Å². The average Bonchev–Trinajstić information content (AvgIpc) is 2.77. The molecule has 1 atom stereocenters. The monoisotopic (exact) mass is 428 g/mol. The van der Waals surface area contributed by atoms with E-state index in [2.05, 4.69) is 42.2 Å². The molecular weight excluding hydrogens is 421 g/mol. The van der Waals surface area contributed by atoms with E-state index < -0.39 is 24.7 Å². The number of halogens is 5. The van der Waals surface area contributed by atoms with E-state index in [0.29, 0.717) is 15.4 Å². The summed E-state index contributed by atoms with van der Waals surface area (Å²) in [4.78, 5) is 14.8. The Balaban J connectivity index is 2.19. The summed E-state index contributed by atoms with van der Waals surface area (Å²) in [5, 5.41) is 11.5. The lowest BCUT2D eigenvalue weighted by molar-refractivity contribution is -0.201. The quantitative estimate of drug-likeness (QED) is 0.700. The molecule has 2 aromatic rings. The summed E-state index contributed by atoms with van der Waals surface area (Å²) in [6.45, 7) is -0.896. The van der Waals surface area contributed by atoms with Gasteiger partial charge in [0.15, 0.2) is 6.10 Å². The number of aliphatic hydroxyl groups excluding tert-OH is 1. The molecule has 114 valence electrons. The van der Waals surface area contributed by atoms with Crippen molar-refractivity contribution in [3.05, 3.63) is 32.8 Å². The van der Waals surface area contributed by atoms with Crippen molar-refractivity contribution in [3.8, 4) is 0 Å². The maximum absolute atomic E-state index is 12.2. The molecule has 1 heterocycles. The van der Waals surface area contributed by atoms with Crippen molar-refractivity contribution in [2.75, 3.05) is 6.54 Å².